The third kappa shape index (κ3) is 4.57. The van der Waals surface area contributed by atoms with Gasteiger partial charge in [0.25, 0.3) is 0 Å². The number of para-hydroxylation sites is 1. The first-order valence-corrected chi connectivity index (χ1v) is 18.1. The van der Waals surface area contributed by atoms with Crippen LogP contribution in [0.5, 0.6) is 0 Å². The van der Waals surface area contributed by atoms with Gasteiger partial charge in [-0.1, -0.05) is 109 Å². The monoisotopic (exact) mass is 706 g/mol. The molecule has 55 heavy (non-hydrogen) atoms. The lowest BCUT2D eigenvalue weighted by Crippen LogP contribution is -2.01. The largest absolute Gasteiger partial charge is 0.456 e. The van der Waals surface area contributed by atoms with Crippen molar-refractivity contribution >= 4 is 76.5 Å². The Balaban J connectivity index is 1.15. The molecule has 0 aliphatic carbocycles. The zero-order valence-electron chi connectivity index (χ0n) is 29.0. The summed E-state index contributed by atoms with van der Waals surface area (Å²) in [6, 6.07) is 53.0. The first kappa shape index (κ1) is 29.9. The summed E-state index contributed by atoms with van der Waals surface area (Å²) >= 11 is 0. The first-order chi connectivity index (χ1) is 27.2. The molecule has 7 nitrogen and oxygen atoms in total. The van der Waals surface area contributed by atoms with Crippen LogP contribution < -0.4 is 0 Å². The fourth-order valence-corrected chi connectivity index (χ4v) is 7.99. The second-order valence-electron chi connectivity index (χ2n) is 13.8. The van der Waals surface area contributed by atoms with Crippen LogP contribution in [0.4, 0.5) is 0 Å². The average Bonchev–Trinajstić information content (AvgIpc) is 3.97. The normalized spacial score (nSPS) is 12.0. The van der Waals surface area contributed by atoms with Crippen LogP contribution in [-0.2, 0) is 0 Å². The molecule has 0 aliphatic heterocycles. The Labute approximate surface area is 312 Å². The van der Waals surface area contributed by atoms with E-state index in [1.54, 1.807) is 0 Å². The van der Waals surface area contributed by atoms with E-state index in [4.69, 9.17) is 33.2 Å². The summed E-state index contributed by atoms with van der Waals surface area (Å²) in [7, 11) is 0. The Morgan fingerprint density at radius 1 is 0.345 bits per heavy atom. The summed E-state index contributed by atoms with van der Waals surface area (Å²) < 4.78 is 19.7. The van der Waals surface area contributed by atoms with E-state index in [1.165, 1.54) is 0 Å². The van der Waals surface area contributed by atoms with Crippen LogP contribution in [0.15, 0.2) is 171 Å². The molecule has 12 aromatic rings. The summed E-state index contributed by atoms with van der Waals surface area (Å²) in [6.07, 6.45) is 0. The molecule has 0 fully saturated rings. The van der Waals surface area contributed by atoms with Gasteiger partial charge < -0.3 is 13.3 Å². The van der Waals surface area contributed by atoms with E-state index in [0.29, 0.717) is 40.1 Å². The quantitative estimate of drug-likeness (QED) is 0.180. The maximum atomic E-state index is 6.82. The van der Waals surface area contributed by atoms with Crippen molar-refractivity contribution in [1.29, 1.82) is 0 Å². The van der Waals surface area contributed by atoms with Crippen molar-refractivity contribution in [1.82, 2.24) is 19.9 Å². The summed E-state index contributed by atoms with van der Waals surface area (Å²) in [5.74, 6) is 2.13. The molecule has 4 heterocycles. The molecule has 0 saturated carbocycles. The fraction of sp³-hybridized carbons (Fsp3) is 0. The number of rotatable bonds is 4. The third-order valence-electron chi connectivity index (χ3n) is 10.5. The van der Waals surface area contributed by atoms with Crippen molar-refractivity contribution in [2.75, 3.05) is 0 Å². The van der Waals surface area contributed by atoms with E-state index in [1.807, 2.05) is 97.1 Å². The van der Waals surface area contributed by atoms with Gasteiger partial charge in [0, 0.05) is 32.8 Å². The zero-order chi connectivity index (χ0) is 36.0. The average molecular weight is 707 g/mol. The van der Waals surface area contributed by atoms with Gasteiger partial charge >= 0.3 is 0 Å². The Morgan fingerprint density at radius 2 is 1.05 bits per heavy atom. The summed E-state index contributed by atoms with van der Waals surface area (Å²) in [4.78, 5) is 20.5. The van der Waals surface area contributed by atoms with Gasteiger partial charge in [-0.2, -0.15) is 0 Å². The highest BCUT2D eigenvalue weighted by Crippen LogP contribution is 2.44. The van der Waals surface area contributed by atoms with Gasteiger partial charge in [-0.3, -0.25) is 0 Å². The van der Waals surface area contributed by atoms with Crippen molar-refractivity contribution in [2.24, 2.45) is 0 Å². The van der Waals surface area contributed by atoms with Crippen LogP contribution in [0.1, 0.15) is 0 Å². The van der Waals surface area contributed by atoms with Gasteiger partial charge in [0.1, 0.15) is 27.8 Å². The van der Waals surface area contributed by atoms with E-state index >= 15 is 0 Å². The van der Waals surface area contributed by atoms with Crippen molar-refractivity contribution < 1.29 is 13.3 Å². The molecule has 0 radical (unpaired) electrons. The van der Waals surface area contributed by atoms with Crippen LogP contribution in [0.3, 0.4) is 0 Å². The van der Waals surface area contributed by atoms with Crippen LogP contribution >= 0.6 is 0 Å². The molecule has 0 spiro atoms. The number of fused-ring (bicyclic) bond motifs is 11. The summed E-state index contributed by atoms with van der Waals surface area (Å²) in [5.41, 5.74) is 7.75. The number of aromatic nitrogens is 4. The number of nitrogens with zero attached hydrogens (tertiary/aromatic N) is 4. The molecule has 0 saturated heterocycles. The van der Waals surface area contributed by atoms with Gasteiger partial charge in [-0.15, -0.1) is 0 Å². The summed E-state index contributed by atoms with van der Waals surface area (Å²) in [6.45, 7) is 0. The molecule has 0 atom stereocenters. The highest BCUT2D eigenvalue weighted by Gasteiger charge is 2.24. The van der Waals surface area contributed by atoms with Crippen LogP contribution in [0.25, 0.3) is 122 Å². The SMILES string of the molecule is c1ccc(-c2nc3ccc4oc5c(-c6nc(-c7ccc8c(c7)oc7ccccc78)nc(-c7cccc8ccccc78)n6)cc6ccccc6c5c4c3o2)cc1. The van der Waals surface area contributed by atoms with Crippen LogP contribution in [0, 0.1) is 0 Å². The molecule has 0 bridgehead atoms. The lowest BCUT2D eigenvalue weighted by molar-refractivity contribution is 0.622. The molecular weight excluding hydrogens is 681 g/mol. The minimum Gasteiger partial charge on any atom is -0.456 e. The van der Waals surface area contributed by atoms with Crippen molar-refractivity contribution in [3.8, 4) is 45.6 Å². The lowest BCUT2D eigenvalue weighted by Gasteiger charge is -2.11. The number of furan rings is 2. The number of hydrogen-bond donors (Lipinski definition) is 0. The number of hydrogen-bond acceptors (Lipinski definition) is 7. The number of oxazole rings is 1. The molecule has 0 aliphatic rings. The fourth-order valence-electron chi connectivity index (χ4n) is 7.99. The highest BCUT2D eigenvalue weighted by atomic mass is 16.4. The molecule has 0 N–H and O–H groups in total. The lowest BCUT2D eigenvalue weighted by atomic mass is 9.99. The van der Waals surface area contributed by atoms with Crippen molar-refractivity contribution in [3.63, 3.8) is 0 Å². The van der Waals surface area contributed by atoms with Crippen molar-refractivity contribution in [2.45, 2.75) is 0 Å². The van der Waals surface area contributed by atoms with E-state index in [0.717, 1.165) is 82.0 Å². The smallest absolute Gasteiger partial charge is 0.227 e. The second-order valence-corrected chi connectivity index (χ2v) is 13.8. The standard InChI is InChI=1S/C48H26N4O3/c1-2-12-28(13-3-1)48-49-37-23-24-39-42(44(37)55-48)41-32-17-7-5-14-29(32)25-36(43(41)54-39)47-51-45(30-21-22-34-33-18-8-9-20-38(33)53-40(34)26-30)50-46(52-47)35-19-10-15-27-11-4-6-16-31(27)35/h1-26H. The maximum Gasteiger partial charge on any atom is 0.227 e. The molecular formula is C48H26N4O3. The molecule has 0 unspecified atom stereocenters. The van der Waals surface area contributed by atoms with Gasteiger partial charge in [0.15, 0.2) is 23.1 Å². The van der Waals surface area contributed by atoms with Crippen LogP contribution in [-0.4, -0.2) is 19.9 Å². The van der Waals surface area contributed by atoms with E-state index in [9.17, 15) is 0 Å². The van der Waals surface area contributed by atoms with E-state index in [2.05, 4.69) is 60.7 Å². The Morgan fingerprint density at radius 3 is 1.95 bits per heavy atom. The second kappa shape index (κ2) is 11.4. The predicted octanol–water partition coefficient (Wildman–Crippen LogP) is 12.8. The molecule has 12 rings (SSSR count). The van der Waals surface area contributed by atoms with Gasteiger partial charge in [-0.05, 0) is 70.1 Å². The maximum absolute atomic E-state index is 6.82. The Bertz CT molecular complexity index is 3500. The van der Waals surface area contributed by atoms with E-state index < -0.39 is 0 Å². The Kier molecular flexibility index (Phi) is 6.21. The molecule has 7 heteroatoms. The first-order valence-electron chi connectivity index (χ1n) is 18.1. The highest BCUT2D eigenvalue weighted by molar-refractivity contribution is 6.27. The third-order valence-corrected chi connectivity index (χ3v) is 10.5. The van der Waals surface area contributed by atoms with Gasteiger partial charge in [-0.25, -0.2) is 19.9 Å². The molecule has 4 aromatic heterocycles. The Hall–Kier alpha value is -7.64. The van der Waals surface area contributed by atoms with E-state index in [-0.39, 0.29) is 0 Å². The topological polar surface area (TPSA) is 91.0 Å². The van der Waals surface area contributed by atoms with Crippen LogP contribution in [0.2, 0.25) is 0 Å². The predicted molar refractivity (Wildman–Crippen MR) is 219 cm³/mol. The minimum absolute atomic E-state index is 0.492. The van der Waals surface area contributed by atoms with Gasteiger partial charge in [0.05, 0.1) is 10.9 Å². The number of benzene rings is 8. The molecule has 8 aromatic carbocycles. The molecule has 256 valence electrons. The van der Waals surface area contributed by atoms with Gasteiger partial charge in [0.2, 0.25) is 5.89 Å². The zero-order valence-corrected chi connectivity index (χ0v) is 29.0. The summed E-state index contributed by atoms with van der Waals surface area (Å²) in [5, 5.41) is 8.08. The molecule has 0 amide bonds. The minimum atomic E-state index is 0.492. The van der Waals surface area contributed by atoms with Crippen molar-refractivity contribution in [3.05, 3.63) is 158 Å².